The Hall–Kier alpha value is -4.46. The molecular formula is C26H36N6O8. The number of nitrogens with two attached hydrogens (primary N) is 1. The van der Waals surface area contributed by atoms with E-state index in [4.69, 9.17) is 10.8 Å². The lowest BCUT2D eigenvalue weighted by Gasteiger charge is -2.26. The number of aromatic hydroxyl groups is 1. The Bertz CT molecular complexity index is 1150. The smallest absolute Gasteiger partial charge is 0.326 e. The number of nitrogens with zero attached hydrogens (tertiary/aromatic N) is 1. The number of aromatic nitrogens is 2. The van der Waals surface area contributed by atoms with Gasteiger partial charge < -0.3 is 42.0 Å². The molecule has 2 aromatic rings. The van der Waals surface area contributed by atoms with Gasteiger partial charge in [0.05, 0.1) is 12.4 Å². The van der Waals surface area contributed by atoms with Crippen molar-refractivity contribution < 1.29 is 39.3 Å². The second kappa shape index (κ2) is 15.2. The maximum absolute atomic E-state index is 13.2. The van der Waals surface area contributed by atoms with Crippen LogP contribution in [0.25, 0.3) is 0 Å². The Morgan fingerprint density at radius 1 is 0.925 bits per heavy atom. The molecule has 5 unspecified atom stereocenters. The number of H-pyrrole nitrogens is 1. The molecule has 9 N–H and O–H groups in total. The molecular weight excluding hydrogens is 524 g/mol. The second-order valence-electron chi connectivity index (χ2n) is 9.52. The van der Waals surface area contributed by atoms with Gasteiger partial charge >= 0.3 is 11.9 Å². The number of aliphatic carboxylic acids is 2. The number of amides is 3. The second-order valence-corrected chi connectivity index (χ2v) is 9.52. The predicted molar refractivity (Wildman–Crippen MR) is 142 cm³/mol. The number of carboxylic acid groups (broad SMARTS) is 2. The lowest BCUT2D eigenvalue weighted by atomic mass is 9.98. The number of phenols is 1. The summed E-state index contributed by atoms with van der Waals surface area (Å²) in [6.45, 7) is 3.61. The number of hydrogen-bond acceptors (Lipinski definition) is 8. The highest BCUT2D eigenvalue weighted by Gasteiger charge is 2.31. The van der Waals surface area contributed by atoms with Crippen LogP contribution in [0.5, 0.6) is 5.75 Å². The molecule has 0 bridgehead atoms. The zero-order chi connectivity index (χ0) is 29.8. The molecule has 3 amide bonds. The summed E-state index contributed by atoms with van der Waals surface area (Å²) in [6, 6.07) is 0.874. The molecule has 0 aliphatic rings. The quantitative estimate of drug-likeness (QED) is 0.133. The van der Waals surface area contributed by atoms with Crippen LogP contribution in [-0.2, 0) is 36.8 Å². The molecule has 0 saturated heterocycles. The number of phenolic OH excluding ortho intramolecular Hbond substituents is 1. The molecule has 1 heterocycles. The van der Waals surface area contributed by atoms with E-state index < -0.39 is 60.2 Å². The third-order valence-electron chi connectivity index (χ3n) is 6.44. The Morgan fingerprint density at radius 2 is 1.52 bits per heavy atom. The molecule has 2 rings (SSSR count). The van der Waals surface area contributed by atoms with Gasteiger partial charge in [0.25, 0.3) is 0 Å². The van der Waals surface area contributed by atoms with E-state index in [1.807, 2.05) is 6.92 Å². The van der Waals surface area contributed by atoms with E-state index in [2.05, 4.69) is 25.9 Å². The van der Waals surface area contributed by atoms with Crippen LogP contribution in [0.3, 0.4) is 0 Å². The van der Waals surface area contributed by atoms with Crippen molar-refractivity contribution in [2.45, 2.75) is 70.1 Å². The maximum atomic E-state index is 13.2. The fraction of sp³-hybridized carbons (Fsp3) is 0.462. The van der Waals surface area contributed by atoms with Crippen LogP contribution in [0.1, 0.15) is 44.4 Å². The van der Waals surface area contributed by atoms with E-state index in [-0.39, 0.29) is 30.9 Å². The lowest BCUT2D eigenvalue weighted by molar-refractivity contribution is -0.142. The number of imidazole rings is 1. The molecule has 14 nitrogen and oxygen atoms in total. The molecule has 1 aromatic heterocycles. The average molecular weight is 561 g/mol. The molecule has 5 atom stereocenters. The Morgan fingerprint density at radius 3 is 2.08 bits per heavy atom. The summed E-state index contributed by atoms with van der Waals surface area (Å²) in [7, 11) is 0. The van der Waals surface area contributed by atoms with Crippen LogP contribution < -0.4 is 21.7 Å². The van der Waals surface area contributed by atoms with E-state index >= 15 is 0 Å². The Kier molecular flexibility index (Phi) is 12.1. The zero-order valence-corrected chi connectivity index (χ0v) is 22.3. The zero-order valence-electron chi connectivity index (χ0n) is 22.3. The highest BCUT2D eigenvalue weighted by molar-refractivity contribution is 5.94. The Balaban J connectivity index is 2.23. The van der Waals surface area contributed by atoms with Crippen molar-refractivity contribution in [1.82, 2.24) is 25.9 Å². The molecule has 218 valence electrons. The van der Waals surface area contributed by atoms with Crippen molar-refractivity contribution in [3.05, 3.63) is 48.0 Å². The fourth-order valence-electron chi connectivity index (χ4n) is 3.75. The fourth-order valence-corrected chi connectivity index (χ4v) is 3.75. The number of nitrogens with one attached hydrogen (secondary N) is 4. The molecule has 1 aromatic carbocycles. The van der Waals surface area contributed by atoms with Crippen LogP contribution in [-0.4, -0.2) is 79.1 Å². The van der Waals surface area contributed by atoms with Gasteiger partial charge in [0.15, 0.2) is 0 Å². The topological polar surface area (TPSA) is 237 Å². The van der Waals surface area contributed by atoms with Crippen LogP contribution >= 0.6 is 0 Å². The summed E-state index contributed by atoms with van der Waals surface area (Å²) in [5, 5.41) is 35.7. The minimum atomic E-state index is -1.37. The molecule has 0 radical (unpaired) electrons. The number of carbonyl (C=O) groups is 5. The van der Waals surface area contributed by atoms with Crippen LogP contribution in [0.2, 0.25) is 0 Å². The third kappa shape index (κ3) is 10.0. The van der Waals surface area contributed by atoms with Crippen molar-refractivity contribution in [3.8, 4) is 5.75 Å². The van der Waals surface area contributed by atoms with Gasteiger partial charge in [-0.05, 0) is 30.0 Å². The first-order valence-corrected chi connectivity index (χ1v) is 12.8. The molecule has 0 fully saturated rings. The molecule has 40 heavy (non-hydrogen) atoms. The van der Waals surface area contributed by atoms with Gasteiger partial charge in [-0.25, -0.2) is 9.78 Å². The molecule has 0 aliphatic heterocycles. The van der Waals surface area contributed by atoms with E-state index in [1.165, 1.54) is 36.8 Å². The van der Waals surface area contributed by atoms with Crippen molar-refractivity contribution in [3.63, 3.8) is 0 Å². The highest BCUT2D eigenvalue weighted by atomic mass is 16.4. The summed E-state index contributed by atoms with van der Waals surface area (Å²) >= 11 is 0. The van der Waals surface area contributed by atoms with Gasteiger partial charge in [-0.15, -0.1) is 0 Å². The number of hydrogen-bond donors (Lipinski definition) is 8. The van der Waals surface area contributed by atoms with E-state index in [0.29, 0.717) is 17.7 Å². The number of benzene rings is 1. The molecule has 0 spiro atoms. The van der Waals surface area contributed by atoms with Gasteiger partial charge in [-0.2, -0.15) is 0 Å². The summed E-state index contributed by atoms with van der Waals surface area (Å²) in [6.07, 6.45) is 2.47. The minimum Gasteiger partial charge on any atom is -0.508 e. The van der Waals surface area contributed by atoms with Crippen molar-refractivity contribution in [2.24, 2.45) is 11.7 Å². The van der Waals surface area contributed by atoms with Crippen LogP contribution in [0.15, 0.2) is 36.8 Å². The maximum Gasteiger partial charge on any atom is 0.326 e. The predicted octanol–water partition coefficient (Wildman–Crippen LogP) is -0.322. The van der Waals surface area contributed by atoms with Gasteiger partial charge in [0.1, 0.15) is 23.9 Å². The Labute approximate surface area is 230 Å². The van der Waals surface area contributed by atoms with Crippen molar-refractivity contribution in [1.29, 1.82) is 0 Å². The average Bonchev–Trinajstić information content (AvgIpc) is 3.43. The van der Waals surface area contributed by atoms with E-state index in [0.717, 1.165) is 0 Å². The SMILES string of the molecule is CCC(C)C(N)C(=O)NC(CCC(=O)O)C(=O)NC(Cc1cnc[nH]1)C(=O)NC(Cc1ccc(O)cc1)C(=O)O. The summed E-state index contributed by atoms with van der Waals surface area (Å²) in [4.78, 5) is 68.9. The summed E-state index contributed by atoms with van der Waals surface area (Å²) < 4.78 is 0. The monoisotopic (exact) mass is 560 g/mol. The van der Waals surface area contributed by atoms with Gasteiger partial charge in [0.2, 0.25) is 17.7 Å². The molecule has 14 heteroatoms. The van der Waals surface area contributed by atoms with Crippen LogP contribution in [0, 0.1) is 5.92 Å². The number of carboxylic acids is 2. The van der Waals surface area contributed by atoms with Crippen LogP contribution in [0.4, 0.5) is 0 Å². The van der Waals surface area contributed by atoms with E-state index in [1.54, 1.807) is 6.92 Å². The lowest BCUT2D eigenvalue weighted by Crippen LogP contribution is -2.58. The van der Waals surface area contributed by atoms with Crippen molar-refractivity contribution >= 4 is 29.7 Å². The van der Waals surface area contributed by atoms with Gasteiger partial charge in [-0.3, -0.25) is 19.2 Å². The normalized spacial score (nSPS) is 14.7. The first-order chi connectivity index (χ1) is 18.9. The molecule has 0 saturated carbocycles. The number of rotatable bonds is 16. The third-order valence-corrected chi connectivity index (χ3v) is 6.44. The summed E-state index contributed by atoms with van der Waals surface area (Å²) in [5.41, 5.74) is 6.96. The number of carbonyl (C=O) groups excluding carboxylic acids is 3. The minimum absolute atomic E-state index is 0.00311. The van der Waals surface area contributed by atoms with Crippen molar-refractivity contribution in [2.75, 3.05) is 0 Å². The first-order valence-electron chi connectivity index (χ1n) is 12.8. The van der Waals surface area contributed by atoms with Gasteiger partial charge in [0, 0.05) is 31.2 Å². The standard InChI is InChI=1S/C26H36N6O8/c1-3-14(2)22(27)25(38)30-18(8-9-21(34)35)23(36)31-19(11-16-12-28-13-29-16)24(37)32-20(26(39)40)10-15-4-6-17(33)7-5-15/h4-7,12-14,18-20,22,33H,3,8-11,27H2,1-2H3,(H,28,29)(H,30,38)(H,31,36)(H,32,37)(H,34,35)(H,39,40). The molecule has 0 aliphatic carbocycles. The first kappa shape index (κ1) is 31.8. The largest absolute Gasteiger partial charge is 0.508 e. The van der Waals surface area contributed by atoms with E-state index in [9.17, 15) is 34.2 Å². The summed E-state index contributed by atoms with van der Waals surface area (Å²) in [5.74, 6) is -5.03. The highest BCUT2D eigenvalue weighted by Crippen LogP contribution is 2.12. The number of aromatic amines is 1. The van der Waals surface area contributed by atoms with Gasteiger partial charge in [-0.1, -0.05) is 32.4 Å².